The Hall–Kier alpha value is -2.85. The normalized spacial score (nSPS) is 14.4. The number of nitrogen functional groups attached to an aromatic ring is 1. The summed E-state index contributed by atoms with van der Waals surface area (Å²) >= 11 is 1.38. The molecule has 3 aromatic rings. The third-order valence-electron chi connectivity index (χ3n) is 4.76. The quantitative estimate of drug-likeness (QED) is 0.608. The number of aryl methyl sites for hydroxylation is 1. The molecular formula is C18H22N8OS. The summed E-state index contributed by atoms with van der Waals surface area (Å²) in [5, 5.41) is 9.90. The minimum Gasteiger partial charge on any atom is -0.368 e. The van der Waals surface area contributed by atoms with Gasteiger partial charge in [-0.3, -0.25) is 14.8 Å². The minimum atomic E-state index is -0.333. The van der Waals surface area contributed by atoms with E-state index in [4.69, 9.17) is 11.5 Å². The van der Waals surface area contributed by atoms with Crippen molar-refractivity contribution in [1.29, 1.82) is 0 Å². The molecule has 0 atom stereocenters. The van der Waals surface area contributed by atoms with Gasteiger partial charge in [-0.2, -0.15) is 5.10 Å². The van der Waals surface area contributed by atoms with Crippen molar-refractivity contribution >= 4 is 28.3 Å². The molecule has 146 valence electrons. The fourth-order valence-corrected chi connectivity index (χ4v) is 4.36. The van der Waals surface area contributed by atoms with Crippen molar-refractivity contribution in [3.05, 3.63) is 34.1 Å². The van der Waals surface area contributed by atoms with Gasteiger partial charge in [-0.05, 0) is 24.3 Å². The summed E-state index contributed by atoms with van der Waals surface area (Å²) in [6, 6.07) is 0. The molecule has 0 spiro atoms. The van der Waals surface area contributed by atoms with Crippen LogP contribution < -0.4 is 16.8 Å². The molecule has 0 aromatic carbocycles. The van der Waals surface area contributed by atoms with Gasteiger partial charge in [0.2, 0.25) is 5.95 Å². The minimum absolute atomic E-state index is 0.189. The number of carbonyl (C=O) groups is 1. The van der Waals surface area contributed by atoms with Gasteiger partial charge in [-0.15, -0.1) is 11.3 Å². The van der Waals surface area contributed by atoms with Crippen molar-refractivity contribution in [1.82, 2.24) is 24.7 Å². The Morgan fingerprint density at radius 1 is 1.39 bits per heavy atom. The second-order valence-electron chi connectivity index (χ2n) is 7.49. The van der Waals surface area contributed by atoms with E-state index >= 15 is 0 Å². The Morgan fingerprint density at radius 2 is 2.18 bits per heavy atom. The molecule has 4 rings (SSSR count). The Balaban J connectivity index is 1.88. The first-order chi connectivity index (χ1) is 13.3. The number of nitrogens with zero attached hydrogens (tertiary/aromatic N) is 5. The van der Waals surface area contributed by atoms with Crippen molar-refractivity contribution in [3.63, 3.8) is 0 Å². The number of nitrogens with two attached hydrogens (primary N) is 2. The van der Waals surface area contributed by atoms with E-state index in [2.05, 4.69) is 39.2 Å². The van der Waals surface area contributed by atoms with Gasteiger partial charge in [0.15, 0.2) is 10.8 Å². The molecule has 0 fully saturated rings. The van der Waals surface area contributed by atoms with Gasteiger partial charge < -0.3 is 11.5 Å². The molecule has 0 aliphatic heterocycles. The van der Waals surface area contributed by atoms with Crippen LogP contribution in [0.5, 0.6) is 0 Å². The van der Waals surface area contributed by atoms with Gasteiger partial charge >= 0.3 is 0 Å². The van der Waals surface area contributed by atoms with Crippen LogP contribution in [0.25, 0.3) is 11.4 Å². The van der Waals surface area contributed by atoms with Crippen LogP contribution in [0, 0.1) is 6.92 Å². The van der Waals surface area contributed by atoms with E-state index in [1.807, 2.05) is 12.3 Å². The molecule has 1 aliphatic carbocycles. The summed E-state index contributed by atoms with van der Waals surface area (Å²) in [6.45, 7) is 6.91. The number of fused-ring (bicyclic) bond motifs is 3. The van der Waals surface area contributed by atoms with Gasteiger partial charge in [-0.25, -0.2) is 15.0 Å². The van der Waals surface area contributed by atoms with Gasteiger partial charge in [0.1, 0.15) is 0 Å². The number of rotatable bonds is 4. The van der Waals surface area contributed by atoms with Crippen LogP contribution in [0.1, 0.15) is 41.2 Å². The fraction of sp³-hybridized carbons (Fsp3) is 0.389. The average Bonchev–Trinajstić information content (AvgIpc) is 3.20. The molecule has 28 heavy (non-hydrogen) atoms. The molecular weight excluding hydrogens is 376 g/mol. The predicted octanol–water partition coefficient (Wildman–Crippen LogP) is 1.73. The summed E-state index contributed by atoms with van der Waals surface area (Å²) < 4.78 is 1.75. The van der Waals surface area contributed by atoms with Gasteiger partial charge in [-0.1, -0.05) is 13.8 Å². The number of amides is 1. The molecule has 3 heterocycles. The van der Waals surface area contributed by atoms with Crippen molar-refractivity contribution in [2.24, 2.45) is 5.73 Å². The van der Waals surface area contributed by atoms with E-state index < -0.39 is 0 Å². The van der Waals surface area contributed by atoms with Crippen molar-refractivity contribution < 1.29 is 4.79 Å². The topological polar surface area (TPSA) is 138 Å². The third kappa shape index (κ3) is 3.04. The number of hydrogen-bond acceptors (Lipinski definition) is 8. The summed E-state index contributed by atoms with van der Waals surface area (Å²) in [4.78, 5) is 26.0. The molecule has 10 heteroatoms. The smallest absolute Gasteiger partial charge is 0.278 e. The molecule has 5 N–H and O–H groups in total. The van der Waals surface area contributed by atoms with E-state index in [-0.39, 0.29) is 17.3 Å². The highest BCUT2D eigenvalue weighted by molar-refractivity contribution is 7.13. The molecule has 9 nitrogen and oxygen atoms in total. The number of carbonyl (C=O) groups excluding carboxylic acids is 1. The van der Waals surface area contributed by atoms with E-state index in [0.29, 0.717) is 36.0 Å². The zero-order valence-corrected chi connectivity index (χ0v) is 16.8. The molecule has 0 unspecified atom stereocenters. The fourth-order valence-electron chi connectivity index (χ4n) is 3.67. The number of nitrogens with one attached hydrogen (secondary N) is 1. The van der Waals surface area contributed by atoms with E-state index in [1.165, 1.54) is 11.3 Å². The van der Waals surface area contributed by atoms with Crippen LogP contribution in [0.15, 0.2) is 11.6 Å². The van der Waals surface area contributed by atoms with E-state index in [0.717, 1.165) is 22.5 Å². The number of anilines is 2. The third-order valence-corrected chi connectivity index (χ3v) is 5.64. The van der Waals surface area contributed by atoms with Crippen LogP contribution >= 0.6 is 11.3 Å². The Kier molecular flexibility index (Phi) is 4.39. The maximum atomic E-state index is 13.1. The molecule has 1 aliphatic rings. The Labute approximate surface area is 166 Å². The molecule has 1 amide bonds. The maximum Gasteiger partial charge on any atom is 0.278 e. The second-order valence-corrected chi connectivity index (χ2v) is 8.35. The lowest BCUT2D eigenvalue weighted by molar-refractivity contribution is 0.101. The lowest BCUT2D eigenvalue weighted by Crippen LogP contribution is -2.29. The van der Waals surface area contributed by atoms with Crippen molar-refractivity contribution in [2.45, 2.75) is 39.2 Å². The van der Waals surface area contributed by atoms with Crippen molar-refractivity contribution in [2.75, 3.05) is 17.6 Å². The zero-order chi connectivity index (χ0) is 20.1. The first-order valence-corrected chi connectivity index (χ1v) is 9.84. The number of thiazole rings is 1. The van der Waals surface area contributed by atoms with Crippen LogP contribution in [0.2, 0.25) is 0 Å². The van der Waals surface area contributed by atoms with Gasteiger partial charge in [0.25, 0.3) is 5.91 Å². The monoisotopic (exact) mass is 398 g/mol. The van der Waals surface area contributed by atoms with Gasteiger partial charge in [0, 0.05) is 23.7 Å². The van der Waals surface area contributed by atoms with Crippen LogP contribution in [-0.4, -0.2) is 37.2 Å². The summed E-state index contributed by atoms with van der Waals surface area (Å²) in [5.41, 5.74) is 15.8. The summed E-state index contributed by atoms with van der Waals surface area (Å²) in [5.74, 6) is -0.103. The van der Waals surface area contributed by atoms with E-state index in [9.17, 15) is 4.79 Å². The number of aromatic nitrogens is 5. The second kappa shape index (κ2) is 6.64. The van der Waals surface area contributed by atoms with Crippen molar-refractivity contribution in [3.8, 4) is 11.4 Å². The van der Waals surface area contributed by atoms with Crippen LogP contribution in [-0.2, 0) is 18.4 Å². The largest absolute Gasteiger partial charge is 0.368 e. The standard InChI is InChI=1S/C18H22N8OS/c1-9-8-28-17(22-9)24-15(27)13-11-14(26(25-13)5-4-19)12-10(6-18(11,2)3)7-21-16(20)23-12/h7-8H,4-6,19H2,1-3H3,(H2,20,21,23)(H,22,24,27). The van der Waals surface area contributed by atoms with Crippen LogP contribution in [0.4, 0.5) is 11.1 Å². The lowest BCUT2D eigenvalue weighted by Gasteiger charge is -2.31. The SMILES string of the molecule is Cc1csc(NC(=O)c2nn(CCN)c3c2C(C)(C)Cc2cnc(N)nc2-3)n1. The Morgan fingerprint density at radius 3 is 2.86 bits per heavy atom. The van der Waals surface area contributed by atoms with E-state index in [1.54, 1.807) is 10.9 Å². The first-order valence-electron chi connectivity index (χ1n) is 8.97. The first kappa shape index (κ1) is 18.5. The lowest BCUT2D eigenvalue weighted by atomic mass is 9.73. The average molecular weight is 398 g/mol. The zero-order valence-electron chi connectivity index (χ0n) is 16.0. The molecule has 0 saturated heterocycles. The predicted molar refractivity (Wildman–Crippen MR) is 108 cm³/mol. The van der Waals surface area contributed by atoms with Gasteiger partial charge in [0.05, 0.1) is 23.6 Å². The molecule has 0 radical (unpaired) electrons. The maximum absolute atomic E-state index is 13.1. The highest BCUT2D eigenvalue weighted by Gasteiger charge is 2.40. The highest BCUT2D eigenvalue weighted by Crippen LogP contribution is 2.44. The summed E-state index contributed by atoms with van der Waals surface area (Å²) in [6.07, 6.45) is 2.43. The number of hydrogen-bond donors (Lipinski definition) is 3. The van der Waals surface area contributed by atoms with Crippen LogP contribution in [0.3, 0.4) is 0 Å². The molecule has 3 aromatic heterocycles. The summed E-state index contributed by atoms with van der Waals surface area (Å²) in [7, 11) is 0. The Bertz CT molecular complexity index is 1070. The molecule has 0 saturated carbocycles. The highest BCUT2D eigenvalue weighted by atomic mass is 32.1. The molecule has 0 bridgehead atoms.